The number of benzene rings is 1. The maximum atomic E-state index is 13.9. The number of likely N-dealkylation sites (N-methyl/N-ethyl adjacent to an activating group) is 1. The zero-order valence-corrected chi connectivity index (χ0v) is 24.9. The second-order valence-corrected chi connectivity index (χ2v) is 12.3. The predicted octanol–water partition coefficient (Wildman–Crippen LogP) is 1.28. The second-order valence-electron chi connectivity index (χ2n) is 12.3. The largest absolute Gasteiger partial charge is 0.390 e. The number of aliphatic hydroxyl groups excluding tert-OH is 1. The van der Waals surface area contributed by atoms with Gasteiger partial charge < -0.3 is 30.0 Å². The summed E-state index contributed by atoms with van der Waals surface area (Å²) < 4.78 is 0. The number of rotatable bonds is 5. The number of β-amino-alcohol motifs (C(OH)–C–C–N with tert-alkyl or cyclic N) is 1. The first-order chi connectivity index (χ1) is 20.3. The van der Waals surface area contributed by atoms with E-state index in [9.17, 15) is 14.7 Å². The zero-order chi connectivity index (χ0) is 29.2. The number of amides is 2. The molecule has 6 rings (SSSR count). The summed E-state index contributed by atoms with van der Waals surface area (Å²) in [6.45, 7) is 9.10. The van der Waals surface area contributed by atoms with Gasteiger partial charge >= 0.3 is 0 Å². The number of anilines is 2. The SMILES string of the molecule is CC(=O)N1CCC(Nc2cc(C(=O)N3CC[C@@H](N4CCc5ccccc5C4)[C@H](O)C3)nc(N3CCN(C)CC3)n2)CC1. The van der Waals surface area contributed by atoms with Gasteiger partial charge in [-0.1, -0.05) is 24.3 Å². The topological polar surface area (TPSA) is 108 Å². The van der Waals surface area contributed by atoms with Crippen LogP contribution in [0.5, 0.6) is 0 Å². The lowest BCUT2D eigenvalue weighted by Gasteiger charge is -2.43. The van der Waals surface area contributed by atoms with Crippen molar-refractivity contribution >= 4 is 23.6 Å². The normalized spacial score (nSPS) is 24.4. The molecule has 2 aromatic rings. The van der Waals surface area contributed by atoms with Crippen LogP contribution in [0.2, 0.25) is 0 Å². The van der Waals surface area contributed by atoms with Crippen molar-refractivity contribution in [1.29, 1.82) is 0 Å². The number of hydrogen-bond donors (Lipinski definition) is 2. The minimum Gasteiger partial charge on any atom is -0.390 e. The van der Waals surface area contributed by atoms with E-state index in [0.717, 1.165) is 65.0 Å². The predicted molar refractivity (Wildman–Crippen MR) is 162 cm³/mol. The van der Waals surface area contributed by atoms with Gasteiger partial charge in [0.05, 0.1) is 6.10 Å². The fourth-order valence-electron chi connectivity index (χ4n) is 6.81. The van der Waals surface area contributed by atoms with E-state index >= 15 is 0 Å². The Labute approximate surface area is 248 Å². The maximum absolute atomic E-state index is 13.9. The van der Waals surface area contributed by atoms with Gasteiger partial charge in [-0.25, -0.2) is 4.98 Å². The van der Waals surface area contributed by atoms with Crippen LogP contribution in [0.25, 0.3) is 0 Å². The molecule has 2 amide bonds. The Morgan fingerprint density at radius 1 is 0.905 bits per heavy atom. The van der Waals surface area contributed by atoms with Crippen LogP contribution in [-0.2, 0) is 17.8 Å². The van der Waals surface area contributed by atoms with E-state index in [-0.39, 0.29) is 23.9 Å². The molecule has 1 aromatic carbocycles. The highest BCUT2D eigenvalue weighted by Gasteiger charge is 2.36. The first-order valence-corrected chi connectivity index (χ1v) is 15.5. The Morgan fingerprint density at radius 2 is 1.62 bits per heavy atom. The number of aromatic nitrogens is 2. The van der Waals surface area contributed by atoms with Gasteiger partial charge in [0, 0.05) is 90.5 Å². The molecule has 0 radical (unpaired) electrons. The van der Waals surface area contributed by atoms with E-state index in [1.807, 2.05) is 4.90 Å². The number of piperazine rings is 1. The third-order valence-electron chi connectivity index (χ3n) is 9.47. The molecule has 0 aliphatic carbocycles. The van der Waals surface area contributed by atoms with Crippen molar-refractivity contribution in [3.63, 3.8) is 0 Å². The number of carbonyl (C=O) groups is 2. The third-order valence-corrected chi connectivity index (χ3v) is 9.47. The van der Waals surface area contributed by atoms with Crippen LogP contribution >= 0.6 is 0 Å². The van der Waals surface area contributed by atoms with Crippen LogP contribution in [-0.4, -0.2) is 131 Å². The van der Waals surface area contributed by atoms with Crippen molar-refractivity contribution in [2.24, 2.45) is 0 Å². The Bertz CT molecular complexity index is 1270. The molecule has 1 aromatic heterocycles. The molecule has 42 heavy (non-hydrogen) atoms. The highest BCUT2D eigenvalue weighted by Crippen LogP contribution is 2.27. The molecule has 0 saturated carbocycles. The monoisotopic (exact) mass is 576 g/mol. The fraction of sp³-hybridized carbons (Fsp3) is 0.613. The molecule has 3 fully saturated rings. The van der Waals surface area contributed by atoms with Crippen molar-refractivity contribution in [3.05, 3.63) is 47.2 Å². The molecule has 0 spiro atoms. The lowest BCUT2D eigenvalue weighted by molar-refractivity contribution is -0.129. The van der Waals surface area contributed by atoms with E-state index in [1.165, 1.54) is 11.1 Å². The lowest BCUT2D eigenvalue weighted by Crippen LogP contribution is -2.56. The number of fused-ring (bicyclic) bond motifs is 1. The standard InChI is InChI=1S/C31H44N8O3/c1-22(40)36-12-8-25(9-13-36)32-29-19-26(33-31(34-29)37-17-15-35(2)16-18-37)30(42)39-14-10-27(28(41)21-39)38-11-7-23-5-3-4-6-24(23)20-38/h3-6,19,25,27-28,41H,7-18,20-21H2,1-2H3,(H,32,33,34)/t27-,28-/m1/s1. The summed E-state index contributed by atoms with van der Waals surface area (Å²) in [5, 5.41) is 14.8. The van der Waals surface area contributed by atoms with Gasteiger partial charge in [-0.2, -0.15) is 4.98 Å². The molecule has 3 saturated heterocycles. The summed E-state index contributed by atoms with van der Waals surface area (Å²) in [7, 11) is 2.11. The number of hydrogen-bond acceptors (Lipinski definition) is 9. The first kappa shape index (κ1) is 28.8. The molecule has 2 N–H and O–H groups in total. The van der Waals surface area contributed by atoms with Crippen LogP contribution in [0, 0.1) is 0 Å². The Hall–Kier alpha value is -3.28. The molecule has 0 unspecified atom stereocenters. The molecular formula is C31H44N8O3. The first-order valence-electron chi connectivity index (χ1n) is 15.5. The summed E-state index contributed by atoms with van der Waals surface area (Å²) in [6, 6.07) is 10.5. The van der Waals surface area contributed by atoms with Crippen molar-refractivity contribution in [2.75, 3.05) is 76.2 Å². The highest BCUT2D eigenvalue weighted by molar-refractivity contribution is 5.93. The quantitative estimate of drug-likeness (QED) is 0.544. The van der Waals surface area contributed by atoms with Gasteiger partial charge in [-0.3, -0.25) is 14.5 Å². The number of aliphatic hydroxyl groups is 1. The van der Waals surface area contributed by atoms with Crippen LogP contribution in [0.4, 0.5) is 11.8 Å². The number of carbonyl (C=O) groups excluding carboxylic acids is 2. The van der Waals surface area contributed by atoms with E-state index in [1.54, 1.807) is 17.9 Å². The molecule has 11 nitrogen and oxygen atoms in total. The highest BCUT2D eigenvalue weighted by atomic mass is 16.3. The molecule has 4 aliphatic heterocycles. The maximum Gasteiger partial charge on any atom is 0.272 e. The van der Waals surface area contributed by atoms with Crippen molar-refractivity contribution in [1.82, 2.24) is 29.6 Å². The van der Waals surface area contributed by atoms with Crippen molar-refractivity contribution in [2.45, 2.75) is 57.3 Å². The van der Waals surface area contributed by atoms with E-state index < -0.39 is 6.10 Å². The summed E-state index contributed by atoms with van der Waals surface area (Å²) in [6.07, 6.45) is 2.76. The Morgan fingerprint density at radius 3 is 2.33 bits per heavy atom. The molecule has 11 heteroatoms. The number of likely N-dealkylation sites (tertiary alicyclic amines) is 2. The van der Waals surface area contributed by atoms with E-state index in [0.29, 0.717) is 43.6 Å². The summed E-state index contributed by atoms with van der Waals surface area (Å²) in [5.41, 5.74) is 3.09. The van der Waals surface area contributed by atoms with Crippen LogP contribution in [0.3, 0.4) is 0 Å². The van der Waals surface area contributed by atoms with Gasteiger partial charge in [-0.05, 0) is 43.9 Å². The van der Waals surface area contributed by atoms with Gasteiger partial charge in [0.15, 0.2) is 0 Å². The number of nitrogens with one attached hydrogen (secondary N) is 1. The van der Waals surface area contributed by atoms with Crippen LogP contribution in [0.15, 0.2) is 30.3 Å². The van der Waals surface area contributed by atoms with Gasteiger partial charge in [0.25, 0.3) is 5.91 Å². The van der Waals surface area contributed by atoms with E-state index in [2.05, 4.69) is 51.3 Å². The zero-order valence-electron chi connectivity index (χ0n) is 24.9. The van der Waals surface area contributed by atoms with Gasteiger partial charge in [0.2, 0.25) is 11.9 Å². The minimum atomic E-state index is -0.615. The van der Waals surface area contributed by atoms with Gasteiger partial charge in [-0.15, -0.1) is 0 Å². The number of nitrogens with zero attached hydrogens (tertiary/aromatic N) is 7. The van der Waals surface area contributed by atoms with Crippen LogP contribution < -0.4 is 10.2 Å². The van der Waals surface area contributed by atoms with Gasteiger partial charge in [0.1, 0.15) is 11.5 Å². The summed E-state index contributed by atoms with van der Waals surface area (Å²) in [4.78, 5) is 45.7. The summed E-state index contributed by atoms with van der Waals surface area (Å²) >= 11 is 0. The lowest BCUT2D eigenvalue weighted by atomic mass is 9.94. The average molecular weight is 577 g/mol. The smallest absolute Gasteiger partial charge is 0.272 e. The van der Waals surface area contributed by atoms with E-state index in [4.69, 9.17) is 9.97 Å². The molecule has 0 bridgehead atoms. The van der Waals surface area contributed by atoms with Crippen molar-refractivity contribution in [3.8, 4) is 0 Å². The molecular weight excluding hydrogens is 532 g/mol. The average Bonchev–Trinajstić information content (AvgIpc) is 3.01. The Kier molecular flexibility index (Phi) is 8.60. The molecule has 4 aliphatic rings. The molecule has 2 atom stereocenters. The number of piperidine rings is 2. The van der Waals surface area contributed by atoms with Crippen molar-refractivity contribution < 1.29 is 14.7 Å². The minimum absolute atomic E-state index is 0.0341. The Balaban J connectivity index is 1.15. The molecule has 5 heterocycles. The fourth-order valence-corrected chi connectivity index (χ4v) is 6.81. The summed E-state index contributed by atoms with van der Waals surface area (Å²) in [5.74, 6) is 1.16. The second kappa shape index (κ2) is 12.5. The molecule has 226 valence electrons. The third kappa shape index (κ3) is 6.38. The van der Waals surface area contributed by atoms with Crippen LogP contribution in [0.1, 0.15) is 47.8 Å².